The van der Waals surface area contributed by atoms with Gasteiger partial charge in [-0.1, -0.05) is 54.0 Å². The molecule has 0 N–H and O–H groups in total. The number of halogens is 4. The molecule has 3 nitrogen and oxygen atoms in total. The molecule has 0 saturated carbocycles. The van der Waals surface area contributed by atoms with Gasteiger partial charge in [0, 0.05) is 27.6 Å². The van der Waals surface area contributed by atoms with E-state index in [1.807, 2.05) is 6.92 Å². The molecule has 38 heavy (non-hydrogen) atoms. The molecule has 10 heteroatoms. The van der Waals surface area contributed by atoms with Gasteiger partial charge in [0.2, 0.25) is 0 Å². The first-order valence-corrected chi connectivity index (χ1v) is 11.9. The van der Waals surface area contributed by atoms with E-state index in [2.05, 4.69) is 10.6 Å². The molecule has 0 fully saturated rings. The minimum atomic E-state index is -1.54. The van der Waals surface area contributed by atoms with Gasteiger partial charge in [0.25, 0.3) is 0 Å². The minimum Gasteiger partial charge on any atom is -0.781 e. The van der Waals surface area contributed by atoms with E-state index in [4.69, 9.17) is 30.0 Å². The van der Waals surface area contributed by atoms with E-state index >= 15 is 17.6 Å². The molecule has 4 rings (SSSR count). The number of hydrogen-bond acceptors (Lipinski definition) is 3. The fourth-order valence-electron chi connectivity index (χ4n) is 3.93. The van der Waals surface area contributed by atoms with E-state index in [1.165, 1.54) is 31.4 Å². The molecule has 0 bridgehead atoms. The average Bonchev–Trinajstić information content (AvgIpc) is 2.85. The van der Waals surface area contributed by atoms with Gasteiger partial charge in [0.05, 0.1) is 7.11 Å². The monoisotopic (exact) mass is 598 g/mol. The maximum absolute atomic E-state index is 15.2. The molecule has 0 radical (unpaired) electrons. The standard InChI is InChI=1S/C28H22F4N2OS2.Ni/c1-15-9-11-21(23(36)13-15)33-27(25-17(29)5-3-6-18(25)30)28(26-19(31)7-4-8-20(26)32)34-22-12-10-16(35-2)14-24(22)37;/h3-14,27-28,36-37H,1-2H3;/q-2;/p-2. The van der Waals surface area contributed by atoms with E-state index in [0.29, 0.717) is 10.6 Å². The first kappa shape index (κ1) is 29.5. The van der Waals surface area contributed by atoms with Crippen LogP contribution < -0.4 is 4.74 Å². The second kappa shape index (κ2) is 12.7. The molecule has 0 spiro atoms. The number of methoxy groups -OCH3 is 1. The van der Waals surface area contributed by atoms with Crippen molar-refractivity contribution in [1.29, 1.82) is 0 Å². The van der Waals surface area contributed by atoms with Crippen molar-refractivity contribution in [3.8, 4) is 5.75 Å². The van der Waals surface area contributed by atoms with Gasteiger partial charge >= 0.3 is 0 Å². The Morgan fingerprint density at radius 1 is 0.658 bits per heavy atom. The predicted molar refractivity (Wildman–Crippen MR) is 140 cm³/mol. The molecule has 0 aromatic heterocycles. The quantitative estimate of drug-likeness (QED) is 0.116. The molecule has 0 amide bonds. The van der Waals surface area contributed by atoms with E-state index in [1.54, 1.807) is 24.3 Å². The van der Waals surface area contributed by atoms with Gasteiger partial charge < -0.3 is 40.6 Å². The van der Waals surface area contributed by atoms with Crippen LogP contribution >= 0.6 is 0 Å². The number of ether oxygens (including phenoxy) is 1. The van der Waals surface area contributed by atoms with Crippen LogP contribution in [0.25, 0.3) is 10.6 Å². The number of hydrogen-bond donors (Lipinski definition) is 0. The second-order valence-corrected chi connectivity index (χ2v) is 9.10. The van der Waals surface area contributed by atoms with Gasteiger partial charge in [-0.2, -0.15) is 21.2 Å². The van der Waals surface area contributed by atoms with Crippen molar-refractivity contribution in [2.45, 2.75) is 28.8 Å². The zero-order valence-electron chi connectivity index (χ0n) is 20.0. The largest absolute Gasteiger partial charge is 0.781 e. The van der Waals surface area contributed by atoms with E-state index in [0.717, 1.165) is 29.8 Å². The van der Waals surface area contributed by atoms with Crippen LogP contribution in [0.2, 0.25) is 0 Å². The number of benzene rings is 4. The molecule has 2 atom stereocenters. The van der Waals surface area contributed by atoms with Crippen molar-refractivity contribution in [2.75, 3.05) is 7.11 Å². The van der Waals surface area contributed by atoms with Gasteiger partial charge in [-0.15, -0.1) is 0 Å². The zero-order chi connectivity index (χ0) is 26.7. The van der Waals surface area contributed by atoms with Gasteiger partial charge in [0.15, 0.2) is 0 Å². The van der Waals surface area contributed by atoms with Crippen LogP contribution in [0.4, 0.5) is 28.9 Å². The number of aryl methyl sites for hydroxylation is 1. The summed E-state index contributed by atoms with van der Waals surface area (Å²) in [6, 6.07) is 13.1. The van der Waals surface area contributed by atoms with Crippen molar-refractivity contribution in [3.63, 3.8) is 0 Å². The summed E-state index contributed by atoms with van der Waals surface area (Å²) in [5.74, 6) is -3.34. The topological polar surface area (TPSA) is 37.4 Å². The first-order valence-electron chi connectivity index (χ1n) is 11.1. The third kappa shape index (κ3) is 6.31. The third-order valence-corrected chi connectivity index (χ3v) is 6.38. The van der Waals surface area contributed by atoms with Crippen molar-refractivity contribution in [3.05, 3.63) is 123 Å². The van der Waals surface area contributed by atoms with Crippen LogP contribution in [0, 0.1) is 30.2 Å². The summed E-state index contributed by atoms with van der Waals surface area (Å²) in [5, 5.41) is 9.07. The van der Waals surface area contributed by atoms with Gasteiger partial charge in [-0.3, -0.25) is 0 Å². The van der Waals surface area contributed by atoms with Crippen LogP contribution in [0.1, 0.15) is 28.8 Å². The molecule has 0 saturated heterocycles. The Hall–Kier alpha value is -3.07. The molecule has 0 aliphatic heterocycles. The normalized spacial score (nSPS) is 12.3. The first-order chi connectivity index (χ1) is 17.7. The molecular formula is C28H20F4N2NiOS2-4. The van der Waals surface area contributed by atoms with Gasteiger partial charge in [-0.25, -0.2) is 17.6 Å². The zero-order valence-corrected chi connectivity index (χ0v) is 22.7. The Bertz CT molecular complexity index is 1400. The van der Waals surface area contributed by atoms with Crippen LogP contribution in [0.3, 0.4) is 0 Å². The summed E-state index contributed by atoms with van der Waals surface area (Å²) in [4.78, 5) is 0.524. The van der Waals surface area contributed by atoms with Crippen LogP contribution in [-0.2, 0) is 41.7 Å². The molecular weight excluding hydrogens is 579 g/mol. The van der Waals surface area contributed by atoms with Crippen LogP contribution in [0.15, 0.2) is 82.6 Å². The molecule has 4 aromatic rings. The molecule has 0 aliphatic rings. The van der Waals surface area contributed by atoms with E-state index in [9.17, 15) is 0 Å². The summed E-state index contributed by atoms with van der Waals surface area (Å²) in [6.07, 6.45) is 0. The summed E-state index contributed by atoms with van der Waals surface area (Å²) in [5.41, 5.74) is 0.227. The SMILES string of the molecule is COc1ccc([N-]C(c2c(F)cccc2F)C([N-]c2ccc(C)cc2[S-])c2c(F)cccc2F)c([S-])c1.[Ni]. The molecule has 0 aliphatic carbocycles. The van der Waals surface area contributed by atoms with Crippen molar-refractivity contribution in [1.82, 2.24) is 0 Å². The van der Waals surface area contributed by atoms with E-state index in [-0.39, 0.29) is 32.8 Å². The van der Waals surface area contributed by atoms with Crippen molar-refractivity contribution < 1.29 is 38.8 Å². The summed E-state index contributed by atoms with van der Waals surface area (Å²) in [6.45, 7) is 1.83. The summed E-state index contributed by atoms with van der Waals surface area (Å²) in [7, 11) is 1.46. The Labute approximate surface area is 239 Å². The Kier molecular flexibility index (Phi) is 9.82. The van der Waals surface area contributed by atoms with Crippen LogP contribution in [0.5, 0.6) is 5.75 Å². The third-order valence-electron chi connectivity index (χ3n) is 5.73. The molecule has 2 unspecified atom stereocenters. The molecule has 0 heterocycles. The van der Waals surface area contributed by atoms with E-state index < -0.39 is 46.5 Å². The smallest absolute Gasteiger partial charge is 0.128 e. The second-order valence-electron chi connectivity index (χ2n) is 8.22. The van der Waals surface area contributed by atoms with Crippen molar-refractivity contribution >= 4 is 36.6 Å². The molecule has 4 aromatic carbocycles. The number of nitrogens with zero attached hydrogens (tertiary/aromatic N) is 2. The van der Waals surface area contributed by atoms with Gasteiger partial charge in [-0.05, 0) is 43.3 Å². The predicted octanol–water partition coefficient (Wildman–Crippen LogP) is 8.56. The Balaban J connectivity index is 0.00000400. The van der Waals surface area contributed by atoms with Crippen molar-refractivity contribution in [2.24, 2.45) is 0 Å². The average molecular weight is 599 g/mol. The Morgan fingerprint density at radius 2 is 1.08 bits per heavy atom. The Morgan fingerprint density at radius 3 is 1.47 bits per heavy atom. The maximum Gasteiger partial charge on any atom is 0.128 e. The fourth-order valence-corrected chi connectivity index (χ4v) is 4.47. The van der Waals surface area contributed by atoms with Gasteiger partial charge in [0.1, 0.15) is 29.0 Å². The molecule has 202 valence electrons. The fraction of sp³-hybridized carbons (Fsp3) is 0.143. The van der Waals surface area contributed by atoms with Crippen LogP contribution in [-0.4, -0.2) is 7.11 Å². The summed E-state index contributed by atoms with van der Waals surface area (Å²) >= 11 is 10.8. The summed E-state index contributed by atoms with van der Waals surface area (Å²) < 4.78 is 65.9. The maximum atomic E-state index is 15.2. The minimum absolute atomic E-state index is 0. The number of rotatable bonds is 8.